The molecule has 0 unspecified atom stereocenters. The minimum atomic E-state index is -0.784. The molecule has 0 bridgehead atoms. The standard InChI is InChI=1S/C25H22N2O3S/c1-25(2,20-12-11-16-5-3-4-6-19(16)13-20)24(29)30-14-21-15-31-23(27-21)18-9-7-17(8-10-18)22(26)28/h3-13,15H,14H2,1-2H3,(H2,26,28). The molecule has 1 aromatic heterocycles. The number of nitrogens with zero attached hydrogens (tertiary/aromatic N) is 1. The summed E-state index contributed by atoms with van der Waals surface area (Å²) in [5.74, 6) is -0.768. The van der Waals surface area contributed by atoms with E-state index in [-0.39, 0.29) is 12.6 Å². The molecule has 1 amide bonds. The van der Waals surface area contributed by atoms with Crippen molar-refractivity contribution in [3.63, 3.8) is 0 Å². The molecule has 0 saturated carbocycles. The van der Waals surface area contributed by atoms with Gasteiger partial charge in [-0.1, -0.05) is 54.6 Å². The van der Waals surface area contributed by atoms with Crippen molar-refractivity contribution in [3.8, 4) is 10.6 Å². The van der Waals surface area contributed by atoms with E-state index in [1.54, 1.807) is 24.3 Å². The Morgan fingerprint density at radius 3 is 2.42 bits per heavy atom. The molecule has 6 heteroatoms. The second-order valence-electron chi connectivity index (χ2n) is 7.85. The van der Waals surface area contributed by atoms with Crippen molar-refractivity contribution in [1.29, 1.82) is 0 Å². The van der Waals surface area contributed by atoms with Gasteiger partial charge >= 0.3 is 5.97 Å². The molecule has 1 heterocycles. The fraction of sp³-hybridized carbons (Fsp3) is 0.160. The van der Waals surface area contributed by atoms with E-state index in [0.29, 0.717) is 11.3 Å². The van der Waals surface area contributed by atoms with E-state index in [9.17, 15) is 9.59 Å². The van der Waals surface area contributed by atoms with Crippen LogP contribution in [0.25, 0.3) is 21.3 Å². The molecule has 4 rings (SSSR count). The third-order valence-electron chi connectivity index (χ3n) is 5.30. The van der Waals surface area contributed by atoms with Gasteiger partial charge < -0.3 is 10.5 Å². The number of carbonyl (C=O) groups is 2. The Bertz CT molecular complexity index is 1260. The number of ether oxygens (including phenoxy) is 1. The second-order valence-corrected chi connectivity index (χ2v) is 8.71. The lowest BCUT2D eigenvalue weighted by Crippen LogP contribution is -2.31. The lowest BCUT2D eigenvalue weighted by atomic mass is 9.84. The summed E-state index contributed by atoms with van der Waals surface area (Å²) in [7, 11) is 0. The summed E-state index contributed by atoms with van der Waals surface area (Å²) in [4.78, 5) is 28.6. The highest BCUT2D eigenvalue weighted by atomic mass is 32.1. The number of fused-ring (bicyclic) bond motifs is 1. The minimum absolute atomic E-state index is 0.103. The summed E-state index contributed by atoms with van der Waals surface area (Å²) < 4.78 is 5.60. The van der Waals surface area contributed by atoms with Gasteiger partial charge in [-0.25, -0.2) is 4.98 Å². The van der Waals surface area contributed by atoms with Gasteiger partial charge in [-0.05, 0) is 42.3 Å². The molecule has 3 aromatic carbocycles. The van der Waals surface area contributed by atoms with Gasteiger partial charge in [-0.3, -0.25) is 9.59 Å². The molecule has 31 heavy (non-hydrogen) atoms. The van der Waals surface area contributed by atoms with Crippen molar-refractivity contribution in [1.82, 2.24) is 4.98 Å². The van der Waals surface area contributed by atoms with E-state index < -0.39 is 11.3 Å². The Balaban J connectivity index is 1.44. The first-order valence-electron chi connectivity index (χ1n) is 9.86. The lowest BCUT2D eigenvalue weighted by molar-refractivity contribution is -0.150. The number of hydrogen-bond donors (Lipinski definition) is 1. The largest absolute Gasteiger partial charge is 0.458 e. The fourth-order valence-corrected chi connectivity index (χ4v) is 4.11. The van der Waals surface area contributed by atoms with Crippen LogP contribution in [0.15, 0.2) is 72.1 Å². The highest BCUT2D eigenvalue weighted by molar-refractivity contribution is 7.13. The zero-order chi connectivity index (χ0) is 22.0. The molecule has 5 nitrogen and oxygen atoms in total. The number of hydrogen-bond acceptors (Lipinski definition) is 5. The predicted octanol–water partition coefficient (Wildman–Crippen LogP) is 5.08. The Morgan fingerprint density at radius 1 is 1.00 bits per heavy atom. The van der Waals surface area contributed by atoms with Crippen molar-refractivity contribution >= 4 is 34.0 Å². The van der Waals surface area contributed by atoms with Crippen molar-refractivity contribution in [2.45, 2.75) is 25.9 Å². The molecule has 0 saturated heterocycles. The molecule has 0 aliphatic carbocycles. The molecule has 4 aromatic rings. The van der Waals surface area contributed by atoms with E-state index in [1.807, 2.05) is 61.7 Å². The zero-order valence-electron chi connectivity index (χ0n) is 17.3. The SMILES string of the molecule is CC(C)(C(=O)OCc1csc(-c2ccc(C(N)=O)cc2)n1)c1ccc2ccccc2c1. The summed E-state index contributed by atoms with van der Waals surface area (Å²) in [6.45, 7) is 3.84. The first-order valence-corrected chi connectivity index (χ1v) is 10.7. The summed E-state index contributed by atoms with van der Waals surface area (Å²) in [6.07, 6.45) is 0. The number of esters is 1. The highest BCUT2D eigenvalue weighted by Gasteiger charge is 2.32. The molecule has 0 fully saturated rings. The average Bonchev–Trinajstić information content (AvgIpc) is 3.26. The van der Waals surface area contributed by atoms with E-state index in [0.717, 1.165) is 26.9 Å². The van der Waals surface area contributed by atoms with Crippen LogP contribution in [0.5, 0.6) is 0 Å². The number of nitrogens with two attached hydrogens (primary N) is 1. The summed E-state index contributed by atoms with van der Waals surface area (Å²) in [5.41, 5.74) is 7.41. The minimum Gasteiger partial charge on any atom is -0.458 e. The number of aromatic nitrogens is 1. The molecular weight excluding hydrogens is 408 g/mol. The van der Waals surface area contributed by atoms with E-state index in [4.69, 9.17) is 10.5 Å². The first kappa shape index (κ1) is 20.8. The Morgan fingerprint density at radius 2 is 1.71 bits per heavy atom. The number of benzene rings is 3. The topological polar surface area (TPSA) is 82.3 Å². The number of carbonyl (C=O) groups excluding carboxylic acids is 2. The Labute approximate surface area is 184 Å². The zero-order valence-corrected chi connectivity index (χ0v) is 18.1. The van der Waals surface area contributed by atoms with Crippen LogP contribution in [0.2, 0.25) is 0 Å². The second kappa shape index (κ2) is 8.32. The van der Waals surface area contributed by atoms with Crippen molar-refractivity contribution in [2.24, 2.45) is 5.73 Å². The maximum Gasteiger partial charge on any atom is 0.316 e. The molecule has 0 radical (unpaired) electrons. The van der Waals surface area contributed by atoms with Crippen LogP contribution in [0, 0.1) is 0 Å². The van der Waals surface area contributed by atoms with Crippen LogP contribution in [-0.2, 0) is 21.6 Å². The Hall–Kier alpha value is -3.51. The van der Waals surface area contributed by atoms with Gasteiger partial charge in [0.05, 0.1) is 11.1 Å². The molecular formula is C25H22N2O3S. The monoisotopic (exact) mass is 430 g/mol. The number of rotatable bonds is 6. The van der Waals surface area contributed by atoms with Gasteiger partial charge in [0.1, 0.15) is 11.6 Å². The smallest absolute Gasteiger partial charge is 0.316 e. The summed E-state index contributed by atoms with van der Waals surface area (Å²) in [5, 5.41) is 4.88. The Kier molecular flexibility index (Phi) is 5.57. The molecule has 0 aliphatic rings. The normalized spacial score (nSPS) is 11.4. The van der Waals surface area contributed by atoms with Gasteiger partial charge in [-0.2, -0.15) is 0 Å². The van der Waals surface area contributed by atoms with E-state index in [1.165, 1.54) is 11.3 Å². The maximum absolute atomic E-state index is 12.9. The predicted molar refractivity (Wildman–Crippen MR) is 123 cm³/mol. The summed E-state index contributed by atoms with van der Waals surface area (Å²) >= 11 is 1.46. The van der Waals surface area contributed by atoms with Crippen LogP contribution in [0.1, 0.15) is 35.5 Å². The van der Waals surface area contributed by atoms with Crippen molar-refractivity contribution < 1.29 is 14.3 Å². The third kappa shape index (κ3) is 4.34. The van der Waals surface area contributed by atoms with Crippen LogP contribution < -0.4 is 5.73 Å². The first-order chi connectivity index (χ1) is 14.8. The van der Waals surface area contributed by atoms with Gasteiger partial charge in [-0.15, -0.1) is 11.3 Å². The van der Waals surface area contributed by atoms with Gasteiger partial charge in [0.15, 0.2) is 0 Å². The average molecular weight is 431 g/mol. The third-order valence-corrected chi connectivity index (χ3v) is 6.24. The maximum atomic E-state index is 12.9. The van der Waals surface area contributed by atoms with Crippen LogP contribution in [-0.4, -0.2) is 16.9 Å². The number of amides is 1. The van der Waals surface area contributed by atoms with Crippen LogP contribution in [0.4, 0.5) is 0 Å². The van der Waals surface area contributed by atoms with E-state index >= 15 is 0 Å². The highest BCUT2D eigenvalue weighted by Crippen LogP contribution is 2.29. The van der Waals surface area contributed by atoms with E-state index in [2.05, 4.69) is 4.98 Å². The molecule has 0 atom stereocenters. The quantitative estimate of drug-likeness (QED) is 0.432. The number of thiazole rings is 1. The van der Waals surface area contributed by atoms with Gasteiger partial charge in [0.2, 0.25) is 5.91 Å². The van der Waals surface area contributed by atoms with Gasteiger partial charge in [0, 0.05) is 16.5 Å². The molecule has 156 valence electrons. The molecule has 2 N–H and O–H groups in total. The summed E-state index contributed by atoms with van der Waals surface area (Å²) in [6, 6.07) is 21.0. The van der Waals surface area contributed by atoms with Crippen molar-refractivity contribution in [3.05, 3.63) is 88.9 Å². The molecule has 0 aliphatic heterocycles. The van der Waals surface area contributed by atoms with Crippen LogP contribution in [0.3, 0.4) is 0 Å². The van der Waals surface area contributed by atoms with Gasteiger partial charge in [0.25, 0.3) is 0 Å². The lowest BCUT2D eigenvalue weighted by Gasteiger charge is -2.23. The molecule has 0 spiro atoms. The van der Waals surface area contributed by atoms with Crippen molar-refractivity contribution in [2.75, 3.05) is 0 Å². The number of primary amides is 1. The fourth-order valence-electron chi connectivity index (χ4n) is 3.30. The van der Waals surface area contributed by atoms with Crippen LogP contribution >= 0.6 is 11.3 Å².